The van der Waals surface area contributed by atoms with Gasteiger partial charge in [-0.2, -0.15) is 8.78 Å². The van der Waals surface area contributed by atoms with Gasteiger partial charge in [0.05, 0.1) is 0 Å². The fourth-order valence-electron chi connectivity index (χ4n) is 2.86. The third-order valence-electron chi connectivity index (χ3n) is 4.06. The third kappa shape index (κ3) is 3.66. The minimum Gasteiger partial charge on any atom is -0.434 e. The minimum atomic E-state index is -2.81. The molecule has 0 aromatic heterocycles. The molecule has 1 aromatic rings. The highest BCUT2D eigenvalue weighted by molar-refractivity contribution is 5.36. The standard InChI is InChI=1S/C15H21F2NO/c1-10-6-8-11(9-7-10)14(18)12-4-2-3-5-13(12)19-15(16)17/h2-5,10-11,14-15H,6-9,18H2,1H3. The Morgan fingerprint density at radius 2 is 1.79 bits per heavy atom. The van der Waals surface area contributed by atoms with Crippen LogP contribution in [0.5, 0.6) is 5.75 Å². The molecule has 0 heterocycles. The van der Waals surface area contributed by atoms with Crippen LogP contribution in [0, 0.1) is 11.8 Å². The molecule has 2 rings (SSSR count). The van der Waals surface area contributed by atoms with Crippen LogP contribution >= 0.6 is 0 Å². The Balaban J connectivity index is 2.11. The summed E-state index contributed by atoms with van der Waals surface area (Å²) < 4.78 is 29.4. The predicted octanol–water partition coefficient (Wildman–Crippen LogP) is 4.11. The normalized spacial score (nSPS) is 25.3. The summed E-state index contributed by atoms with van der Waals surface area (Å²) in [5.41, 5.74) is 6.96. The molecule has 19 heavy (non-hydrogen) atoms. The van der Waals surface area contributed by atoms with Crippen LogP contribution in [-0.4, -0.2) is 6.61 Å². The van der Waals surface area contributed by atoms with Crippen molar-refractivity contribution >= 4 is 0 Å². The van der Waals surface area contributed by atoms with Gasteiger partial charge in [0.15, 0.2) is 0 Å². The van der Waals surface area contributed by atoms with Gasteiger partial charge in [-0.15, -0.1) is 0 Å². The molecular formula is C15H21F2NO. The van der Waals surface area contributed by atoms with E-state index in [0.717, 1.165) is 31.6 Å². The van der Waals surface area contributed by atoms with Gasteiger partial charge in [0.2, 0.25) is 0 Å². The number of hydrogen-bond acceptors (Lipinski definition) is 2. The van der Waals surface area contributed by atoms with Crippen LogP contribution in [0.1, 0.15) is 44.2 Å². The average molecular weight is 269 g/mol. The van der Waals surface area contributed by atoms with E-state index in [1.165, 1.54) is 0 Å². The molecule has 0 spiro atoms. The summed E-state index contributed by atoms with van der Waals surface area (Å²) in [6, 6.07) is 6.64. The van der Waals surface area contributed by atoms with Crippen molar-refractivity contribution < 1.29 is 13.5 Å². The van der Waals surface area contributed by atoms with Crippen LogP contribution in [0.25, 0.3) is 0 Å². The van der Waals surface area contributed by atoms with Crippen molar-refractivity contribution in [2.75, 3.05) is 0 Å². The Bertz CT molecular complexity index is 403. The van der Waals surface area contributed by atoms with Gasteiger partial charge in [0.25, 0.3) is 0 Å². The molecule has 1 atom stereocenters. The van der Waals surface area contributed by atoms with Gasteiger partial charge in [0, 0.05) is 11.6 Å². The maximum absolute atomic E-state index is 12.4. The van der Waals surface area contributed by atoms with Crippen LogP contribution in [-0.2, 0) is 0 Å². The van der Waals surface area contributed by atoms with Crippen molar-refractivity contribution in [1.29, 1.82) is 0 Å². The first kappa shape index (κ1) is 14.3. The number of ether oxygens (including phenoxy) is 1. The third-order valence-corrected chi connectivity index (χ3v) is 4.06. The largest absolute Gasteiger partial charge is 0.434 e. The molecule has 4 heteroatoms. The molecule has 1 aromatic carbocycles. The van der Waals surface area contributed by atoms with Gasteiger partial charge in [-0.25, -0.2) is 0 Å². The second-order valence-corrected chi connectivity index (χ2v) is 5.46. The van der Waals surface area contributed by atoms with Crippen LogP contribution in [0.3, 0.4) is 0 Å². The van der Waals surface area contributed by atoms with Crippen molar-refractivity contribution in [3.63, 3.8) is 0 Å². The summed E-state index contributed by atoms with van der Waals surface area (Å²) in [6.45, 7) is -0.560. The lowest BCUT2D eigenvalue weighted by molar-refractivity contribution is -0.0508. The Labute approximate surface area is 112 Å². The second kappa shape index (κ2) is 6.33. The van der Waals surface area contributed by atoms with Crippen molar-refractivity contribution in [1.82, 2.24) is 0 Å². The molecule has 0 amide bonds. The number of nitrogens with two attached hydrogens (primary N) is 1. The summed E-state index contributed by atoms with van der Waals surface area (Å²) in [5, 5.41) is 0. The number of hydrogen-bond donors (Lipinski definition) is 1. The zero-order chi connectivity index (χ0) is 13.8. The van der Waals surface area contributed by atoms with Crippen LogP contribution in [0.4, 0.5) is 8.78 Å². The van der Waals surface area contributed by atoms with Gasteiger partial charge >= 0.3 is 6.61 Å². The monoisotopic (exact) mass is 269 g/mol. The lowest BCUT2D eigenvalue weighted by Crippen LogP contribution is -2.26. The SMILES string of the molecule is CC1CCC(C(N)c2ccccc2OC(F)F)CC1. The minimum absolute atomic E-state index is 0.212. The van der Waals surface area contributed by atoms with E-state index in [0.29, 0.717) is 11.5 Å². The number of para-hydroxylation sites is 1. The Morgan fingerprint density at radius 1 is 1.16 bits per heavy atom. The summed E-state index contributed by atoms with van der Waals surface area (Å²) in [7, 11) is 0. The molecule has 0 radical (unpaired) electrons. The van der Waals surface area contributed by atoms with E-state index in [1.54, 1.807) is 18.2 Å². The Hall–Kier alpha value is -1.16. The van der Waals surface area contributed by atoms with E-state index in [2.05, 4.69) is 11.7 Å². The highest BCUT2D eigenvalue weighted by Crippen LogP contribution is 2.38. The second-order valence-electron chi connectivity index (χ2n) is 5.46. The highest BCUT2D eigenvalue weighted by Gasteiger charge is 2.26. The fourth-order valence-corrected chi connectivity index (χ4v) is 2.86. The predicted molar refractivity (Wildman–Crippen MR) is 71.1 cm³/mol. The summed E-state index contributed by atoms with van der Waals surface area (Å²) in [5.74, 6) is 1.32. The zero-order valence-electron chi connectivity index (χ0n) is 11.2. The number of rotatable bonds is 4. The van der Waals surface area contributed by atoms with E-state index >= 15 is 0 Å². The van der Waals surface area contributed by atoms with Crippen molar-refractivity contribution in [2.45, 2.75) is 45.3 Å². The Morgan fingerprint density at radius 3 is 2.42 bits per heavy atom. The van der Waals surface area contributed by atoms with E-state index in [1.807, 2.05) is 6.07 Å². The summed E-state index contributed by atoms with van der Waals surface area (Å²) >= 11 is 0. The van der Waals surface area contributed by atoms with Gasteiger partial charge in [0.1, 0.15) is 5.75 Å². The van der Waals surface area contributed by atoms with Crippen LogP contribution in [0.15, 0.2) is 24.3 Å². The van der Waals surface area contributed by atoms with E-state index in [4.69, 9.17) is 5.73 Å². The summed E-state index contributed by atoms with van der Waals surface area (Å²) in [6.07, 6.45) is 4.45. The maximum atomic E-state index is 12.4. The molecule has 1 saturated carbocycles. The molecule has 1 unspecified atom stereocenters. The maximum Gasteiger partial charge on any atom is 0.387 e. The van der Waals surface area contributed by atoms with Crippen molar-refractivity contribution in [3.05, 3.63) is 29.8 Å². The zero-order valence-corrected chi connectivity index (χ0v) is 11.2. The van der Waals surface area contributed by atoms with Gasteiger partial charge < -0.3 is 10.5 Å². The van der Waals surface area contributed by atoms with Gasteiger partial charge in [-0.3, -0.25) is 0 Å². The summed E-state index contributed by atoms with van der Waals surface area (Å²) in [4.78, 5) is 0. The fraction of sp³-hybridized carbons (Fsp3) is 0.600. The van der Waals surface area contributed by atoms with E-state index in [9.17, 15) is 8.78 Å². The van der Waals surface area contributed by atoms with Gasteiger partial charge in [-0.05, 0) is 30.7 Å². The average Bonchev–Trinajstić information content (AvgIpc) is 2.39. The molecule has 1 aliphatic carbocycles. The van der Waals surface area contributed by atoms with Crippen LogP contribution in [0.2, 0.25) is 0 Å². The topological polar surface area (TPSA) is 35.2 Å². The quantitative estimate of drug-likeness (QED) is 0.892. The molecular weight excluding hydrogens is 248 g/mol. The first-order valence-electron chi connectivity index (χ1n) is 6.87. The first-order valence-corrected chi connectivity index (χ1v) is 6.87. The van der Waals surface area contributed by atoms with E-state index in [-0.39, 0.29) is 11.8 Å². The number of benzene rings is 1. The molecule has 0 bridgehead atoms. The number of halogens is 2. The molecule has 0 saturated heterocycles. The molecule has 2 nitrogen and oxygen atoms in total. The molecule has 1 aliphatic rings. The molecule has 2 N–H and O–H groups in total. The lowest BCUT2D eigenvalue weighted by atomic mass is 9.77. The van der Waals surface area contributed by atoms with Crippen LogP contribution < -0.4 is 10.5 Å². The van der Waals surface area contributed by atoms with Crippen molar-refractivity contribution in [2.24, 2.45) is 17.6 Å². The number of alkyl halides is 2. The lowest BCUT2D eigenvalue weighted by Gasteiger charge is -2.31. The smallest absolute Gasteiger partial charge is 0.387 e. The van der Waals surface area contributed by atoms with Gasteiger partial charge in [-0.1, -0.05) is 38.0 Å². The molecule has 1 fully saturated rings. The highest BCUT2D eigenvalue weighted by atomic mass is 19.3. The van der Waals surface area contributed by atoms with E-state index < -0.39 is 6.61 Å². The first-order chi connectivity index (χ1) is 9.08. The van der Waals surface area contributed by atoms with Crippen molar-refractivity contribution in [3.8, 4) is 5.75 Å². The molecule has 0 aliphatic heterocycles. The Kier molecular flexibility index (Phi) is 4.75. The molecule has 106 valence electrons.